The lowest BCUT2D eigenvalue weighted by molar-refractivity contribution is -0.144. The number of sulfonamides is 3. The molecule has 0 amide bonds. The number of allylic oxidation sites excluding steroid dienone is 4. The van der Waals surface area contributed by atoms with E-state index in [0.29, 0.717) is 196 Å². The van der Waals surface area contributed by atoms with E-state index in [1.54, 1.807) is 47.7 Å². The predicted octanol–water partition coefficient (Wildman–Crippen LogP) is 15.5. The molecule has 35 nitrogen and oxygen atoms in total. The number of piperidine rings is 3. The quantitative estimate of drug-likeness (QED) is 0.0115. The Morgan fingerprint density at radius 2 is 0.795 bits per heavy atom. The largest absolute Gasteiger partial charge is 0.481 e. The first-order valence-corrected chi connectivity index (χ1v) is 56.4. The first-order valence-electron chi connectivity index (χ1n) is 45.9. The number of rotatable bonds is 26. The summed E-state index contributed by atoms with van der Waals surface area (Å²) in [5.41, 5.74) is 3.97. The number of aromatic nitrogens is 4. The number of hydrogen-bond acceptors (Lipinski definition) is 33. The number of benzene rings is 4. The van der Waals surface area contributed by atoms with Crippen molar-refractivity contribution in [3.63, 3.8) is 0 Å². The van der Waals surface area contributed by atoms with E-state index in [4.69, 9.17) is 68.8 Å². The van der Waals surface area contributed by atoms with Crippen molar-refractivity contribution in [1.82, 2.24) is 54.1 Å². The van der Waals surface area contributed by atoms with Crippen LogP contribution in [0.3, 0.4) is 0 Å². The molecule has 7 N–H and O–H groups in total. The molecule has 780 valence electrons. The van der Waals surface area contributed by atoms with Crippen molar-refractivity contribution in [3.8, 4) is 0 Å². The average Bonchev–Trinajstić information content (AvgIpc) is 1.09. The van der Waals surface area contributed by atoms with Gasteiger partial charge in [-0.05, 0) is 143 Å². The number of esters is 4. The third-order valence-electron chi connectivity index (χ3n) is 26.6. The number of amidine groups is 4. The van der Waals surface area contributed by atoms with Crippen LogP contribution in [0, 0.1) is 70.0 Å². The van der Waals surface area contributed by atoms with Gasteiger partial charge in [0.05, 0.1) is 96.8 Å². The van der Waals surface area contributed by atoms with E-state index in [1.165, 1.54) is 141 Å². The van der Waals surface area contributed by atoms with E-state index in [2.05, 4.69) is 67.1 Å². The summed E-state index contributed by atoms with van der Waals surface area (Å²) in [6.45, 7) is 3.26. The van der Waals surface area contributed by atoms with Crippen LogP contribution in [-0.2, 0) is 82.6 Å². The standard InChI is InChI=1S/C29H33ClF2N4O6S2.C23H24ClFN4O6S2.C22H21ClFN3O4S.C21H22BrFN4O4S2/c1-29(9-5-17(6-10-29)27(37)38)15-44(40,41)36-12-7-16(8-13-36)23-20(28(39)42-2)24(18-3-4-19(31)22(32)21(18)30)35-25(34-23)26-33-11-14-43-26;1-35-23(32)17-19(13-5-9-29(10-6-13)37(33,34)12-7-16(30)31)27-21(22-26-8-11-36-22)28-20(17)14-3-2-4-15(25)18(14)24;1-31-22(30)16-17(11-2-4-12(5-3-11)21(28)29)26-19(20-25-8-9-32-20)27-18(16)14-7-6-13(24)10-15(14)23;1-31-21(28)16-17(12-5-8-27(9-6-12)33(2,29)30)25-19(20-24-7-10-32-20)26-18(16)14-4-3-13(23)11-15(14)22/h3-4,11,14,16-17,24H,5-10,12-13,15H2,1-2H3,(H,34,35)(H,37,38);2-4,8,11,13,20H,5-7,9-10,12H2,1H3,(H,27,28)(H,30,31);6-12,18H,2-5H2,1H3,(H,26,27)(H,28,29);3-4,7,10-12,18H,5-6,8-9H2,1-2H3,(H,25,26)/t17?,24-,29?;20-;11?,12?,18-;18-/m1101/s1. The van der Waals surface area contributed by atoms with Gasteiger partial charge in [0.1, 0.15) is 41.6 Å². The Morgan fingerprint density at radius 3 is 1.16 bits per heavy atom. The molecule has 3 saturated heterocycles. The summed E-state index contributed by atoms with van der Waals surface area (Å²) < 4.78 is 172. The predicted molar refractivity (Wildman–Crippen MR) is 541 cm³/mol. The molecule has 2 saturated carbocycles. The highest BCUT2D eigenvalue weighted by molar-refractivity contribution is 9.10. The monoisotopic (exact) mass is 2270 g/mol. The number of carbonyl (C=O) groups is 7. The van der Waals surface area contributed by atoms with E-state index in [-0.39, 0.29) is 87.9 Å². The van der Waals surface area contributed by atoms with E-state index < -0.39 is 160 Å². The Labute approximate surface area is 876 Å². The molecule has 11 heterocycles. The van der Waals surface area contributed by atoms with Crippen molar-refractivity contribution in [2.24, 2.45) is 60.9 Å². The summed E-state index contributed by atoms with van der Waals surface area (Å²) in [5, 5.41) is 49.5. The van der Waals surface area contributed by atoms with Crippen molar-refractivity contribution < 1.29 is 115 Å². The zero-order valence-corrected chi connectivity index (χ0v) is 88.5. The Hall–Kier alpha value is -10.7. The highest BCUT2D eigenvalue weighted by atomic mass is 79.9. The molecule has 4 aromatic heterocycles. The lowest BCUT2D eigenvalue weighted by Gasteiger charge is -2.39. The molecule has 9 aliphatic rings. The molecule has 4 atom stereocenters. The Balaban J connectivity index is 0.000000155. The Morgan fingerprint density at radius 1 is 0.445 bits per heavy atom. The molecule has 0 radical (unpaired) electrons. The number of nitrogens with zero attached hydrogens (tertiary/aromatic N) is 11. The minimum atomic E-state index is -3.74. The van der Waals surface area contributed by atoms with Gasteiger partial charge < -0.3 is 55.5 Å². The maximum atomic E-state index is 14.6. The summed E-state index contributed by atoms with van der Waals surface area (Å²) in [6.07, 6.45) is 13.8. The molecule has 5 fully saturated rings. The lowest BCUT2D eigenvalue weighted by atomic mass is 9.73. The zero-order valence-electron chi connectivity index (χ0n) is 79.0. The van der Waals surface area contributed by atoms with Gasteiger partial charge in [-0.15, -0.1) is 45.3 Å². The smallest absolute Gasteiger partial charge is 0.338 e. The molecule has 0 bridgehead atoms. The molecule has 0 unspecified atom stereocenters. The van der Waals surface area contributed by atoms with Gasteiger partial charge >= 0.3 is 41.8 Å². The SMILES string of the molecule is COC(=O)C1=C(C2CCC(C(=O)O)CC2)NC(c2nccs2)=N[C@H]1c1ccc(F)cc1Cl.COC(=O)C1=C(C2CCN(S(=O)(=O)CC3(C)CCC(C(=O)O)CC3)CC2)NC(c2nccs2)=N[C@@H]1c1ccc(F)c(F)c1Cl.COC(=O)C1=C(C2CCN(S(=O)(=O)CCC(=O)O)CC2)NC(c2nccs2)=N[C@@H]1c1cccc(F)c1Cl.COC(=O)C1=C(C2CCN(S(C)(=O)=O)CC2)NC(c2nccs2)=N[C@@H]1c1ccc(F)cc1Br. The fourth-order valence-corrected chi connectivity index (χ4v) is 27.2. The second-order valence-electron chi connectivity index (χ2n) is 35.7. The van der Waals surface area contributed by atoms with Crippen LogP contribution in [0.15, 0.2) is 183 Å². The maximum absolute atomic E-state index is 14.6. The van der Waals surface area contributed by atoms with Gasteiger partial charge in [0.15, 0.2) is 55.0 Å². The summed E-state index contributed by atoms with van der Waals surface area (Å²) in [5.74, 6) is -9.88. The second kappa shape index (κ2) is 48.3. The third-order valence-corrected chi connectivity index (χ3v) is 36.9. The van der Waals surface area contributed by atoms with E-state index in [0.717, 1.165) is 6.07 Å². The number of thiazole rings is 4. The van der Waals surface area contributed by atoms with Crippen LogP contribution < -0.4 is 21.3 Å². The van der Waals surface area contributed by atoms with Crippen molar-refractivity contribution in [2.75, 3.05) is 85.5 Å². The number of ether oxygens (including phenoxy) is 4. The third kappa shape index (κ3) is 25.9. The number of carboxylic acids is 3. The number of methoxy groups -OCH3 is 4. The van der Waals surface area contributed by atoms with Crippen molar-refractivity contribution in [3.05, 3.63) is 249 Å². The lowest BCUT2D eigenvalue weighted by Crippen LogP contribution is -2.46. The Bertz CT molecular complexity index is 6890. The number of halogens is 9. The van der Waals surface area contributed by atoms with Gasteiger partial charge in [0.25, 0.3) is 0 Å². The molecule has 0 spiro atoms. The van der Waals surface area contributed by atoms with E-state index in [1.807, 2.05) is 17.7 Å². The fraction of sp³-hybridized carbons (Fsp3) is 0.421. The molecular weight excluding hydrogens is 2180 g/mol. The van der Waals surface area contributed by atoms with Crippen LogP contribution in [0.4, 0.5) is 22.0 Å². The minimum absolute atomic E-state index is 0.0665. The topological polar surface area (TPSA) is 478 Å². The molecule has 8 aromatic rings. The van der Waals surface area contributed by atoms with Crippen LogP contribution >= 0.6 is 96.1 Å². The van der Waals surface area contributed by atoms with Crippen molar-refractivity contribution in [1.29, 1.82) is 0 Å². The Kier molecular flexibility index (Phi) is 36.7. The molecule has 17 rings (SSSR count). The molecule has 146 heavy (non-hydrogen) atoms. The van der Waals surface area contributed by atoms with Gasteiger partial charge in [-0.2, -0.15) is 0 Å². The molecule has 7 aliphatic heterocycles. The highest BCUT2D eigenvalue weighted by Crippen LogP contribution is 2.49. The number of aliphatic imine (C=N–C) groups is 4. The summed E-state index contributed by atoms with van der Waals surface area (Å²) in [4.78, 5) is 122. The number of carbonyl (C=O) groups excluding carboxylic acids is 4. The molecule has 2 aliphatic carbocycles. The number of carboxylic acid groups (broad SMARTS) is 3. The number of aliphatic carboxylic acids is 3. The molecular formula is C95H100BrCl3F5N15O20S7. The van der Waals surface area contributed by atoms with Gasteiger partial charge in [0.2, 0.25) is 30.1 Å². The normalized spacial score (nSPS) is 22.3. The fourth-order valence-electron chi connectivity index (χ4n) is 19.0. The number of nitrogens with one attached hydrogen (secondary N) is 4. The first-order chi connectivity index (χ1) is 69.5. The van der Waals surface area contributed by atoms with Gasteiger partial charge in [-0.1, -0.05) is 88.0 Å². The van der Waals surface area contributed by atoms with Crippen LogP contribution in [0.25, 0.3) is 0 Å². The van der Waals surface area contributed by atoms with Crippen LogP contribution in [0.5, 0.6) is 0 Å². The molecule has 51 heteroatoms. The van der Waals surface area contributed by atoms with E-state index >= 15 is 0 Å². The van der Waals surface area contributed by atoms with Crippen molar-refractivity contribution >= 4 is 191 Å². The van der Waals surface area contributed by atoms with Gasteiger partial charge in [0, 0.05) is 152 Å². The molecule has 4 aromatic carbocycles. The second-order valence-corrected chi connectivity index (χ2v) is 47.3. The summed E-state index contributed by atoms with van der Waals surface area (Å²) >= 11 is 27.7. The number of hydrogen-bond donors (Lipinski definition) is 7. The van der Waals surface area contributed by atoms with Crippen LogP contribution in [0.1, 0.15) is 170 Å². The minimum Gasteiger partial charge on any atom is -0.481 e. The summed E-state index contributed by atoms with van der Waals surface area (Å²) in [6, 6.07) is 11.0. The van der Waals surface area contributed by atoms with Gasteiger partial charge in [-0.3, -0.25) is 34.4 Å². The highest BCUT2D eigenvalue weighted by Gasteiger charge is 2.47. The zero-order chi connectivity index (χ0) is 105. The van der Waals surface area contributed by atoms with Crippen molar-refractivity contribution in [2.45, 2.75) is 127 Å². The average molecular weight is 2280 g/mol. The van der Waals surface area contributed by atoms with Crippen LogP contribution in [-0.4, -0.2) is 224 Å². The van der Waals surface area contributed by atoms with Crippen LogP contribution in [0.2, 0.25) is 15.1 Å². The van der Waals surface area contributed by atoms with Gasteiger partial charge in [-0.25, -0.2) is 99.2 Å². The van der Waals surface area contributed by atoms with E-state index in [9.17, 15) is 91.0 Å². The first kappa shape index (κ1) is 111. The maximum Gasteiger partial charge on any atom is 0.338 e. The summed E-state index contributed by atoms with van der Waals surface area (Å²) in [7, 11) is -5.66.